The molecule has 0 radical (unpaired) electrons. The van der Waals surface area contributed by atoms with E-state index < -0.39 is 8.24 Å². The first-order valence-corrected chi connectivity index (χ1v) is 10.0. The first-order valence-electron chi connectivity index (χ1n) is 6.58. The first kappa shape index (κ1) is 19.3. The second kappa shape index (κ2) is 8.58. The van der Waals surface area contributed by atoms with E-state index in [1.54, 1.807) is 6.08 Å². The minimum absolute atomic E-state index is 0. The average Bonchev–Trinajstić information content (AvgIpc) is 2.35. The van der Waals surface area contributed by atoms with E-state index >= 15 is 0 Å². The Labute approximate surface area is 135 Å². The van der Waals surface area contributed by atoms with Crippen LogP contribution in [-0.4, -0.2) is 26.0 Å². The van der Waals surface area contributed by atoms with E-state index in [0.29, 0.717) is 0 Å². The third-order valence-electron chi connectivity index (χ3n) is 3.13. The summed E-state index contributed by atoms with van der Waals surface area (Å²) in [4.78, 5) is 0. The van der Waals surface area contributed by atoms with Crippen LogP contribution in [0.2, 0.25) is 19.6 Å². The summed E-state index contributed by atoms with van der Waals surface area (Å²) in [6, 6.07) is 10.4. The van der Waals surface area contributed by atoms with Gasteiger partial charge in [-0.05, 0) is 25.7 Å². The SMILES string of the molecule is CO/C([O-])=C/C(C)N(Cc1ccccc1)[Si](C)(C)C.[Li+]. The van der Waals surface area contributed by atoms with E-state index in [9.17, 15) is 5.11 Å². The Morgan fingerprint density at radius 3 is 2.30 bits per heavy atom. The monoisotopic (exact) mass is 285 g/mol. The fraction of sp³-hybridized carbons (Fsp3) is 0.467. The molecule has 0 aliphatic rings. The summed E-state index contributed by atoms with van der Waals surface area (Å²) in [5.74, 6) is -0.260. The maximum atomic E-state index is 11.4. The molecule has 0 saturated carbocycles. The van der Waals surface area contributed by atoms with Gasteiger partial charge in [-0.2, -0.15) is 0 Å². The Kier molecular flexibility index (Phi) is 8.30. The van der Waals surface area contributed by atoms with Crippen molar-refractivity contribution in [3.05, 3.63) is 47.9 Å². The van der Waals surface area contributed by atoms with E-state index in [-0.39, 0.29) is 30.8 Å². The summed E-state index contributed by atoms with van der Waals surface area (Å²) in [5.41, 5.74) is 1.27. The first-order chi connectivity index (χ1) is 8.84. The minimum Gasteiger partial charge on any atom is -0.617 e. The topological polar surface area (TPSA) is 35.5 Å². The summed E-state index contributed by atoms with van der Waals surface area (Å²) in [7, 11) is -0.0995. The van der Waals surface area contributed by atoms with Crippen LogP contribution in [0.1, 0.15) is 12.5 Å². The van der Waals surface area contributed by atoms with Gasteiger partial charge in [0, 0.05) is 18.5 Å². The zero-order valence-corrected chi connectivity index (χ0v) is 14.5. The summed E-state index contributed by atoms with van der Waals surface area (Å²) >= 11 is 0. The number of benzene rings is 1. The van der Waals surface area contributed by atoms with Crippen molar-refractivity contribution in [3.8, 4) is 0 Å². The number of methoxy groups -OCH3 is 1. The number of hydrogen-bond donors (Lipinski definition) is 0. The molecule has 106 valence electrons. The molecule has 0 aliphatic carbocycles. The third kappa shape index (κ3) is 6.19. The predicted octanol–water partition coefficient (Wildman–Crippen LogP) is -0.436. The molecule has 1 atom stereocenters. The fourth-order valence-electron chi connectivity index (χ4n) is 2.13. The molecule has 0 N–H and O–H groups in total. The normalized spacial score (nSPS) is 13.8. The Balaban J connectivity index is 0.00000361. The average molecular weight is 285 g/mol. The van der Waals surface area contributed by atoms with E-state index in [1.165, 1.54) is 12.7 Å². The van der Waals surface area contributed by atoms with Crippen LogP contribution in [0, 0.1) is 0 Å². The number of nitrogens with zero attached hydrogens (tertiary/aromatic N) is 1. The summed E-state index contributed by atoms with van der Waals surface area (Å²) < 4.78 is 7.14. The molecule has 0 bridgehead atoms. The van der Waals surface area contributed by atoms with Crippen LogP contribution in [0.5, 0.6) is 0 Å². The van der Waals surface area contributed by atoms with Gasteiger partial charge in [0.2, 0.25) is 0 Å². The summed E-state index contributed by atoms with van der Waals surface area (Å²) in [6.45, 7) is 9.79. The van der Waals surface area contributed by atoms with Crippen LogP contribution in [0.3, 0.4) is 0 Å². The largest absolute Gasteiger partial charge is 1.00 e. The van der Waals surface area contributed by atoms with Crippen molar-refractivity contribution in [2.75, 3.05) is 7.11 Å². The molecule has 0 aromatic heterocycles. The van der Waals surface area contributed by atoms with Crippen LogP contribution in [0.15, 0.2) is 42.4 Å². The van der Waals surface area contributed by atoms with Gasteiger partial charge in [0.15, 0.2) is 0 Å². The van der Waals surface area contributed by atoms with Gasteiger partial charge in [-0.3, -0.25) is 0 Å². The van der Waals surface area contributed by atoms with Gasteiger partial charge in [0.1, 0.15) is 8.24 Å². The number of rotatable bonds is 6. The van der Waals surface area contributed by atoms with Crippen LogP contribution < -0.4 is 24.0 Å². The quantitative estimate of drug-likeness (QED) is 0.525. The maximum Gasteiger partial charge on any atom is 1.00 e. The van der Waals surface area contributed by atoms with Crippen LogP contribution >= 0.6 is 0 Å². The van der Waals surface area contributed by atoms with Gasteiger partial charge in [-0.15, -0.1) is 0 Å². The van der Waals surface area contributed by atoms with Crippen molar-refractivity contribution >= 4 is 8.24 Å². The van der Waals surface area contributed by atoms with Crippen molar-refractivity contribution in [3.63, 3.8) is 0 Å². The van der Waals surface area contributed by atoms with Crippen molar-refractivity contribution < 1.29 is 28.7 Å². The Hall–Kier alpha value is -0.666. The standard InChI is InChI=1S/C15H25NO2Si.Li/c1-13(11-15(17)18-2)16(19(3,4)5)12-14-9-7-6-8-10-14;/h6-11,13,17H,12H2,1-5H3;/q;+1/p-1/b15-11+;. The van der Waals surface area contributed by atoms with Gasteiger partial charge >= 0.3 is 18.9 Å². The molecule has 0 saturated heterocycles. The van der Waals surface area contributed by atoms with Gasteiger partial charge in [-0.25, -0.2) is 0 Å². The van der Waals surface area contributed by atoms with Gasteiger partial charge in [0.25, 0.3) is 0 Å². The number of hydrogen-bond acceptors (Lipinski definition) is 3. The molecule has 20 heavy (non-hydrogen) atoms. The van der Waals surface area contributed by atoms with Crippen molar-refractivity contribution in [2.24, 2.45) is 0 Å². The number of ether oxygens (including phenoxy) is 1. The van der Waals surface area contributed by atoms with Gasteiger partial charge in [-0.1, -0.05) is 50.0 Å². The molecular formula is C15H24LiNO2Si. The predicted molar refractivity (Wildman–Crippen MR) is 79.9 cm³/mol. The Morgan fingerprint density at radius 2 is 1.85 bits per heavy atom. The molecular weight excluding hydrogens is 261 g/mol. The second-order valence-electron chi connectivity index (χ2n) is 5.71. The minimum atomic E-state index is -1.52. The zero-order valence-electron chi connectivity index (χ0n) is 13.5. The Bertz CT molecular complexity index is 418. The van der Waals surface area contributed by atoms with Gasteiger partial charge < -0.3 is 14.4 Å². The molecule has 1 aromatic rings. The third-order valence-corrected chi connectivity index (χ3v) is 5.42. The molecule has 0 amide bonds. The van der Waals surface area contributed by atoms with Crippen molar-refractivity contribution in [2.45, 2.75) is 39.2 Å². The van der Waals surface area contributed by atoms with E-state index in [2.05, 4.69) is 43.3 Å². The second-order valence-corrected chi connectivity index (χ2v) is 10.6. The van der Waals surface area contributed by atoms with Crippen LogP contribution in [-0.2, 0) is 11.3 Å². The van der Waals surface area contributed by atoms with E-state index in [0.717, 1.165) is 6.54 Å². The molecule has 0 fully saturated rings. The molecule has 0 spiro atoms. The van der Waals surface area contributed by atoms with Crippen LogP contribution in [0.4, 0.5) is 0 Å². The van der Waals surface area contributed by atoms with E-state index in [1.807, 2.05) is 18.2 Å². The molecule has 3 nitrogen and oxygen atoms in total. The van der Waals surface area contributed by atoms with Crippen LogP contribution in [0.25, 0.3) is 0 Å². The van der Waals surface area contributed by atoms with Crippen molar-refractivity contribution in [1.82, 2.24) is 4.57 Å². The van der Waals surface area contributed by atoms with E-state index in [4.69, 9.17) is 4.74 Å². The smallest absolute Gasteiger partial charge is 0.617 e. The van der Waals surface area contributed by atoms with Crippen molar-refractivity contribution in [1.29, 1.82) is 0 Å². The molecule has 1 unspecified atom stereocenters. The molecule has 5 heteroatoms. The fourth-order valence-corrected chi connectivity index (χ4v) is 4.08. The zero-order chi connectivity index (χ0) is 14.5. The maximum absolute atomic E-state index is 11.4. The summed E-state index contributed by atoms with van der Waals surface area (Å²) in [5, 5.41) is 11.4. The summed E-state index contributed by atoms with van der Waals surface area (Å²) in [6.07, 6.45) is 1.65. The van der Waals surface area contributed by atoms with Gasteiger partial charge in [0.05, 0.1) is 0 Å². The molecule has 1 rings (SSSR count). The molecule has 0 aliphatic heterocycles. The Morgan fingerprint density at radius 1 is 1.30 bits per heavy atom. The molecule has 1 aromatic carbocycles. The molecule has 0 heterocycles.